The minimum atomic E-state index is -1.20. The van der Waals surface area contributed by atoms with Crippen LogP contribution in [-0.4, -0.2) is 34.9 Å². The van der Waals surface area contributed by atoms with Crippen LogP contribution >= 0.6 is 11.3 Å². The van der Waals surface area contributed by atoms with Gasteiger partial charge in [-0.25, -0.2) is 13.8 Å². The normalized spacial score (nSPS) is 15.9. The molecule has 1 aliphatic rings. The molecule has 0 radical (unpaired) electrons. The number of piperidine rings is 1. The smallest absolute Gasteiger partial charge is 0.251 e. The van der Waals surface area contributed by atoms with E-state index in [9.17, 15) is 18.4 Å². The van der Waals surface area contributed by atoms with E-state index in [-0.39, 0.29) is 17.1 Å². The minimum absolute atomic E-state index is 0.226. The number of ether oxygens (including phenoxy) is 1. The maximum Gasteiger partial charge on any atom is 0.251 e. The first-order valence-electron chi connectivity index (χ1n) is 11.3. The molecule has 1 aromatic heterocycles. The average Bonchev–Trinajstić information content (AvgIpc) is 3.23. The largest absolute Gasteiger partial charge is 0.444 e. The van der Waals surface area contributed by atoms with E-state index in [1.165, 1.54) is 36.4 Å². The van der Waals surface area contributed by atoms with E-state index in [0.717, 1.165) is 37.1 Å². The van der Waals surface area contributed by atoms with Gasteiger partial charge in [-0.2, -0.15) is 0 Å². The topological polar surface area (TPSA) is 92.4 Å². The Morgan fingerprint density at radius 3 is 2.34 bits per heavy atom. The van der Waals surface area contributed by atoms with Gasteiger partial charge in [0.15, 0.2) is 5.13 Å². The van der Waals surface area contributed by atoms with E-state index in [4.69, 9.17) is 4.74 Å². The summed E-state index contributed by atoms with van der Waals surface area (Å²) in [6, 6.07) is 10.9. The van der Waals surface area contributed by atoms with Crippen LogP contribution in [0.15, 0.2) is 48.5 Å². The van der Waals surface area contributed by atoms with Crippen LogP contribution in [0.4, 0.5) is 13.9 Å². The Bertz CT molecular complexity index is 1190. The molecule has 3 aromatic rings. The molecule has 2 amide bonds. The number of amides is 2. The predicted molar refractivity (Wildman–Crippen MR) is 130 cm³/mol. The summed E-state index contributed by atoms with van der Waals surface area (Å²) in [6.45, 7) is 4.01. The number of carbonyl (C=O) groups is 2. The van der Waals surface area contributed by atoms with Gasteiger partial charge < -0.3 is 15.4 Å². The van der Waals surface area contributed by atoms with E-state index in [0.29, 0.717) is 22.1 Å². The number of halogens is 2. The summed E-state index contributed by atoms with van der Waals surface area (Å²) in [5.41, 5.74) is -0.227. The number of rotatable bonds is 7. The van der Waals surface area contributed by atoms with Crippen molar-refractivity contribution in [2.24, 2.45) is 0 Å². The van der Waals surface area contributed by atoms with Crippen LogP contribution in [-0.2, 0) is 9.59 Å². The highest BCUT2D eigenvalue weighted by atomic mass is 32.1. The summed E-state index contributed by atoms with van der Waals surface area (Å²) in [7, 11) is 0. The molecule has 1 unspecified atom stereocenters. The lowest BCUT2D eigenvalue weighted by atomic mass is 10.0. The summed E-state index contributed by atoms with van der Waals surface area (Å²) in [4.78, 5) is 30.1. The molecule has 0 aliphatic carbocycles. The standard InChI is InChI=1S/C25H26F2N4O3S/c1-25(2,31-21(32)19-5-3-4-14-28-19)23(33)30-24-29-20(15-6-8-16(26)9-7-15)22(35-24)34-18-12-10-17(27)11-13-18/h6-13,19,28H,3-5,14H2,1-2H3,(H,31,32)(H,29,30,33). The van der Waals surface area contributed by atoms with Gasteiger partial charge in [-0.15, -0.1) is 0 Å². The first-order chi connectivity index (χ1) is 16.7. The van der Waals surface area contributed by atoms with Gasteiger partial charge >= 0.3 is 0 Å². The van der Waals surface area contributed by atoms with Crippen LogP contribution in [0.25, 0.3) is 11.3 Å². The van der Waals surface area contributed by atoms with E-state index < -0.39 is 23.1 Å². The van der Waals surface area contributed by atoms with Crippen molar-refractivity contribution in [3.8, 4) is 22.1 Å². The summed E-state index contributed by atoms with van der Waals surface area (Å²) in [5, 5.41) is 9.30. The van der Waals surface area contributed by atoms with E-state index in [1.807, 2.05) is 0 Å². The second-order valence-electron chi connectivity index (χ2n) is 8.79. The van der Waals surface area contributed by atoms with Crippen LogP contribution in [0.3, 0.4) is 0 Å². The zero-order valence-corrected chi connectivity index (χ0v) is 20.2. The van der Waals surface area contributed by atoms with Crippen LogP contribution in [0, 0.1) is 11.6 Å². The van der Waals surface area contributed by atoms with Gasteiger partial charge in [-0.3, -0.25) is 14.9 Å². The molecule has 1 aliphatic heterocycles. The molecule has 0 spiro atoms. The second kappa shape index (κ2) is 10.5. The van der Waals surface area contributed by atoms with Crippen LogP contribution < -0.4 is 20.7 Å². The Hall–Kier alpha value is -3.37. The molecule has 1 fully saturated rings. The molecule has 0 saturated carbocycles. The Balaban J connectivity index is 1.54. The summed E-state index contributed by atoms with van der Waals surface area (Å²) < 4.78 is 32.7. The van der Waals surface area contributed by atoms with Crippen molar-refractivity contribution in [3.05, 3.63) is 60.2 Å². The Labute approximate surface area is 205 Å². The zero-order chi connectivity index (χ0) is 25.0. The number of nitrogens with one attached hydrogen (secondary N) is 3. The monoisotopic (exact) mass is 500 g/mol. The molecular weight excluding hydrogens is 474 g/mol. The third kappa shape index (κ3) is 6.20. The summed E-state index contributed by atoms with van der Waals surface area (Å²) >= 11 is 1.07. The maximum atomic E-state index is 13.5. The maximum absolute atomic E-state index is 13.5. The fourth-order valence-electron chi connectivity index (χ4n) is 3.61. The number of anilines is 1. The summed E-state index contributed by atoms with van der Waals surface area (Å²) in [6.07, 6.45) is 2.71. The first-order valence-corrected chi connectivity index (χ1v) is 12.1. The molecule has 4 rings (SSSR count). The molecule has 0 bridgehead atoms. The first kappa shape index (κ1) is 24.7. The lowest BCUT2D eigenvalue weighted by Gasteiger charge is -2.29. The highest BCUT2D eigenvalue weighted by molar-refractivity contribution is 7.18. The predicted octanol–water partition coefficient (Wildman–Crippen LogP) is 4.86. The number of hydrogen-bond donors (Lipinski definition) is 3. The van der Waals surface area contributed by atoms with Gasteiger partial charge in [0.05, 0.1) is 6.04 Å². The second-order valence-corrected chi connectivity index (χ2v) is 9.75. The lowest BCUT2D eigenvalue weighted by molar-refractivity contribution is -0.130. The van der Waals surface area contributed by atoms with Gasteiger partial charge in [-0.05, 0) is 81.8 Å². The molecule has 3 N–H and O–H groups in total. The van der Waals surface area contributed by atoms with Crippen molar-refractivity contribution >= 4 is 28.3 Å². The van der Waals surface area contributed by atoms with Gasteiger partial charge in [0.25, 0.3) is 5.91 Å². The number of nitrogens with zero attached hydrogens (tertiary/aromatic N) is 1. The van der Waals surface area contributed by atoms with Gasteiger partial charge in [0.2, 0.25) is 11.0 Å². The molecule has 10 heteroatoms. The number of carbonyl (C=O) groups excluding carboxylic acids is 2. The van der Waals surface area contributed by atoms with Crippen LogP contribution in [0.5, 0.6) is 10.8 Å². The SMILES string of the molecule is CC(C)(NC(=O)C1CCCCN1)C(=O)Nc1nc(-c2ccc(F)cc2)c(Oc2ccc(F)cc2)s1. The number of thiazole rings is 1. The number of hydrogen-bond acceptors (Lipinski definition) is 6. The van der Waals surface area contributed by atoms with Crippen LogP contribution in [0.2, 0.25) is 0 Å². The third-order valence-corrected chi connectivity index (χ3v) is 6.44. The average molecular weight is 501 g/mol. The Kier molecular flexibility index (Phi) is 7.42. The summed E-state index contributed by atoms with van der Waals surface area (Å²) in [5.74, 6) is -1.10. The Morgan fingerprint density at radius 2 is 1.71 bits per heavy atom. The van der Waals surface area contributed by atoms with Gasteiger partial charge in [0, 0.05) is 5.56 Å². The van der Waals surface area contributed by atoms with Crippen molar-refractivity contribution in [1.29, 1.82) is 0 Å². The molecular formula is C25H26F2N4O3S. The molecule has 2 heterocycles. The number of benzene rings is 2. The fraction of sp³-hybridized carbons (Fsp3) is 0.320. The highest BCUT2D eigenvalue weighted by Crippen LogP contribution is 2.40. The molecule has 1 saturated heterocycles. The van der Waals surface area contributed by atoms with E-state index in [2.05, 4.69) is 20.9 Å². The van der Waals surface area contributed by atoms with Crippen molar-refractivity contribution in [3.63, 3.8) is 0 Å². The van der Waals surface area contributed by atoms with Gasteiger partial charge in [0.1, 0.15) is 28.6 Å². The van der Waals surface area contributed by atoms with Crippen molar-refractivity contribution < 1.29 is 23.1 Å². The van der Waals surface area contributed by atoms with Crippen molar-refractivity contribution in [1.82, 2.24) is 15.6 Å². The molecule has 2 aromatic carbocycles. The Morgan fingerprint density at radius 1 is 1.06 bits per heavy atom. The minimum Gasteiger partial charge on any atom is -0.444 e. The highest BCUT2D eigenvalue weighted by Gasteiger charge is 2.33. The van der Waals surface area contributed by atoms with Crippen LogP contribution in [0.1, 0.15) is 33.1 Å². The van der Waals surface area contributed by atoms with E-state index in [1.54, 1.807) is 26.0 Å². The third-order valence-electron chi connectivity index (χ3n) is 5.59. The van der Waals surface area contributed by atoms with Crippen molar-refractivity contribution in [2.45, 2.75) is 44.7 Å². The fourth-order valence-corrected chi connectivity index (χ4v) is 4.46. The molecule has 35 heavy (non-hydrogen) atoms. The number of aromatic nitrogens is 1. The molecule has 1 atom stereocenters. The van der Waals surface area contributed by atoms with Gasteiger partial charge in [-0.1, -0.05) is 17.8 Å². The molecule has 7 nitrogen and oxygen atoms in total. The zero-order valence-electron chi connectivity index (χ0n) is 19.4. The van der Waals surface area contributed by atoms with Crippen molar-refractivity contribution in [2.75, 3.05) is 11.9 Å². The van der Waals surface area contributed by atoms with E-state index >= 15 is 0 Å². The molecule has 184 valence electrons. The quantitative estimate of drug-likeness (QED) is 0.431. The lowest BCUT2D eigenvalue weighted by Crippen LogP contribution is -2.57.